The molecule has 7 atom stereocenters. The standard InChI is InChI=1S/C43H61N7O13/c1-20(2)14-29(46-41(60)35(50-38(57)32(44)21(3)4)25-16-26(51)18-27(52)17-25)37(56)45-28(15-24-12-10-9-11-13-24)36(55)42(61)49-34(23(7)8)40(59)48-33(22(5)6)39(58)47-30(43(62)63)19-31(53)54/h9-13,16-18,20-23,28-30,32-35,51-52H,14-15,19,44H2,1-8H3,(H,45,56)(H,46,60)(H,47,58)(H,48,59)(H,49,61)(H,50,57)(H,53,54)(H,62,63)/t28-,29+,30+,32+,33+,34-,35?/m1/s1. The van der Waals surface area contributed by atoms with Crippen molar-refractivity contribution in [3.8, 4) is 11.5 Å². The summed E-state index contributed by atoms with van der Waals surface area (Å²) in [7, 11) is 0. The van der Waals surface area contributed by atoms with E-state index >= 15 is 0 Å². The molecule has 0 radical (unpaired) electrons. The lowest BCUT2D eigenvalue weighted by Crippen LogP contribution is -2.60. The number of nitrogens with two attached hydrogens (primary N) is 1. The second kappa shape index (κ2) is 24.2. The van der Waals surface area contributed by atoms with Gasteiger partial charge in [0.05, 0.1) is 12.5 Å². The maximum atomic E-state index is 14.1. The highest BCUT2D eigenvalue weighted by atomic mass is 16.4. The zero-order valence-electron chi connectivity index (χ0n) is 36.6. The van der Waals surface area contributed by atoms with Gasteiger partial charge in [0.1, 0.15) is 47.8 Å². The molecule has 0 aromatic heterocycles. The van der Waals surface area contributed by atoms with E-state index in [1.165, 1.54) is 13.8 Å². The molecule has 0 bridgehead atoms. The number of hydrogen-bond acceptors (Lipinski definition) is 12. The molecule has 2 aromatic rings. The number of phenols is 2. The summed E-state index contributed by atoms with van der Waals surface area (Å²) < 4.78 is 0. The molecule has 20 heteroatoms. The van der Waals surface area contributed by atoms with E-state index < -0.39 is 125 Å². The molecule has 0 heterocycles. The smallest absolute Gasteiger partial charge is 0.326 e. The van der Waals surface area contributed by atoms with Crippen molar-refractivity contribution in [3.05, 3.63) is 59.7 Å². The highest BCUT2D eigenvalue weighted by molar-refractivity contribution is 6.39. The van der Waals surface area contributed by atoms with Gasteiger partial charge in [0.15, 0.2) is 0 Å². The molecule has 6 amide bonds. The Morgan fingerprint density at radius 3 is 1.57 bits per heavy atom. The topological polar surface area (TPSA) is 333 Å². The van der Waals surface area contributed by atoms with E-state index in [2.05, 4.69) is 31.9 Å². The molecule has 20 nitrogen and oxygen atoms in total. The Labute approximate surface area is 365 Å². The normalized spacial score (nSPS) is 14.6. The van der Waals surface area contributed by atoms with Crippen LogP contribution in [0.5, 0.6) is 11.5 Å². The van der Waals surface area contributed by atoms with Crippen LogP contribution in [-0.2, 0) is 49.6 Å². The minimum atomic E-state index is -1.81. The fraction of sp³-hybridized carbons (Fsp3) is 0.512. The molecule has 0 saturated carbocycles. The predicted molar refractivity (Wildman–Crippen MR) is 227 cm³/mol. The van der Waals surface area contributed by atoms with E-state index in [9.17, 15) is 58.5 Å². The number of rotatable bonds is 24. The Hall–Kier alpha value is -6.57. The van der Waals surface area contributed by atoms with Crippen LogP contribution in [0, 0.1) is 23.7 Å². The zero-order chi connectivity index (χ0) is 47.9. The van der Waals surface area contributed by atoms with Crippen molar-refractivity contribution in [1.82, 2.24) is 31.9 Å². The van der Waals surface area contributed by atoms with E-state index in [-0.39, 0.29) is 30.2 Å². The first-order chi connectivity index (χ1) is 29.3. The lowest BCUT2D eigenvalue weighted by atomic mass is 9.97. The van der Waals surface area contributed by atoms with Crippen molar-refractivity contribution in [2.24, 2.45) is 29.4 Å². The summed E-state index contributed by atoms with van der Waals surface area (Å²) >= 11 is 0. The quantitative estimate of drug-likeness (QED) is 0.0636. The van der Waals surface area contributed by atoms with Crippen molar-refractivity contribution in [2.75, 3.05) is 0 Å². The fourth-order valence-electron chi connectivity index (χ4n) is 6.24. The van der Waals surface area contributed by atoms with Gasteiger partial charge in [-0.2, -0.15) is 0 Å². The zero-order valence-corrected chi connectivity index (χ0v) is 36.6. The molecule has 0 aliphatic carbocycles. The van der Waals surface area contributed by atoms with Crippen LogP contribution in [0.4, 0.5) is 0 Å². The van der Waals surface area contributed by atoms with Gasteiger partial charge in [0, 0.05) is 12.5 Å². The summed E-state index contributed by atoms with van der Waals surface area (Å²) in [5, 5.41) is 53.5. The van der Waals surface area contributed by atoms with Crippen LogP contribution in [0.25, 0.3) is 0 Å². The molecule has 1 unspecified atom stereocenters. The third-order valence-corrected chi connectivity index (χ3v) is 9.78. The summed E-state index contributed by atoms with van der Waals surface area (Å²) in [5.41, 5.74) is 6.51. The average molecular weight is 884 g/mol. The van der Waals surface area contributed by atoms with Crippen LogP contribution in [0.3, 0.4) is 0 Å². The molecule has 0 fully saturated rings. The molecule has 0 saturated heterocycles. The van der Waals surface area contributed by atoms with Crippen molar-refractivity contribution in [1.29, 1.82) is 0 Å². The monoisotopic (exact) mass is 883 g/mol. The Morgan fingerprint density at radius 1 is 0.571 bits per heavy atom. The summed E-state index contributed by atoms with van der Waals surface area (Å²) in [5.74, 6) is -12.9. The Balaban J connectivity index is 2.45. The van der Waals surface area contributed by atoms with Gasteiger partial charge in [-0.25, -0.2) is 4.79 Å². The van der Waals surface area contributed by atoms with Gasteiger partial charge in [-0.3, -0.25) is 38.4 Å². The molecular formula is C43H61N7O13. The van der Waals surface area contributed by atoms with Gasteiger partial charge in [0.2, 0.25) is 35.3 Å². The van der Waals surface area contributed by atoms with Gasteiger partial charge in [-0.05, 0) is 53.4 Å². The SMILES string of the molecule is CC(C)C[C@H](NC(=O)C(NC(=O)[C@@H](N)C(C)C)c1cc(O)cc(O)c1)C(=O)N[C@H](Cc1ccccc1)C(=O)C(=O)N[C@@H](C(=O)N[C@H](C(=O)N[C@@H](CC(=O)O)C(=O)O)C(C)C)C(C)C. The Kier molecular flexibility index (Phi) is 20.2. The van der Waals surface area contributed by atoms with Gasteiger partial charge >= 0.3 is 11.9 Å². The highest BCUT2D eigenvalue weighted by Crippen LogP contribution is 2.26. The molecule has 0 aliphatic rings. The van der Waals surface area contributed by atoms with E-state index in [0.29, 0.717) is 5.56 Å². The summed E-state index contributed by atoms with van der Waals surface area (Å²) in [4.78, 5) is 118. The van der Waals surface area contributed by atoms with Crippen LogP contribution >= 0.6 is 0 Å². The number of nitrogens with one attached hydrogen (secondary N) is 6. The summed E-state index contributed by atoms with van der Waals surface area (Å²) in [6.45, 7) is 13.0. The minimum Gasteiger partial charge on any atom is -0.508 e. The number of benzene rings is 2. The highest BCUT2D eigenvalue weighted by Gasteiger charge is 2.37. The summed E-state index contributed by atoms with van der Waals surface area (Å²) in [6.07, 6.45) is -1.16. The van der Waals surface area contributed by atoms with E-state index in [0.717, 1.165) is 18.2 Å². The molecule has 2 aromatic carbocycles. The van der Waals surface area contributed by atoms with E-state index in [1.54, 1.807) is 71.9 Å². The number of hydrogen-bond donors (Lipinski definition) is 11. The van der Waals surface area contributed by atoms with Gasteiger partial charge < -0.3 is 58.1 Å². The fourth-order valence-corrected chi connectivity index (χ4v) is 6.24. The lowest BCUT2D eigenvalue weighted by Gasteiger charge is -2.28. The number of ketones is 1. The minimum absolute atomic E-state index is 0.00279. The number of carbonyl (C=O) groups excluding carboxylic acids is 7. The van der Waals surface area contributed by atoms with E-state index in [4.69, 9.17) is 10.8 Å². The molecule has 12 N–H and O–H groups in total. The van der Waals surface area contributed by atoms with Crippen molar-refractivity contribution >= 4 is 53.2 Å². The number of aliphatic carboxylic acids is 2. The molecular weight excluding hydrogens is 823 g/mol. The second-order valence-electron chi connectivity index (χ2n) is 16.7. The van der Waals surface area contributed by atoms with Crippen LogP contribution in [-0.4, -0.2) is 110 Å². The number of carboxylic acids is 2. The predicted octanol–water partition coefficient (Wildman–Crippen LogP) is 0.392. The molecule has 0 aliphatic heterocycles. The largest absolute Gasteiger partial charge is 0.508 e. The number of aromatic hydroxyl groups is 2. The van der Waals surface area contributed by atoms with Gasteiger partial charge in [-0.15, -0.1) is 0 Å². The maximum Gasteiger partial charge on any atom is 0.326 e. The number of carboxylic acid groups (broad SMARTS) is 2. The van der Waals surface area contributed by atoms with Gasteiger partial charge in [0.25, 0.3) is 5.91 Å². The number of carbonyl (C=O) groups is 9. The second-order valence-corrected chi connectivity index (χ2v) is 16.7. The average Bonchev–Trinajstić information content (AvgIpc) is 3.18. The molecule has 2 rings (SSSR count). The number of amides is 6. The molecule has 346 valence electrons. The van der Waals surface area contributed by atoms with Crippen molar-refractivity contribution in [3.63, 3.8) is 0 Å². The first-order valence-electron chi connectivity index (χ1n) is 20.5. The van der Waals surface area contributed by atoms with E-state index in [1.807, 2.05) is 0 Å². The van der Waals surface area contributed by atoms with Crippen LogP contribution in [0.2, 0.25) is 0 Å². The molecule has 0 spiro atoms. The van der Waals surface area contributed by atoms with Crippen molar-refractivity contribution in [2.45, 2.75) is 117 Å². The Morgan fingerprint density at radius 2 is 1.08 bits per heavy atom. The molecule has 63 heavy (non-hydrogen) atoms. The number of Topliss-reactive ketones (excluding diaryl/α,β-unsaturated/α-hetero) is 1. The van der Waals surface area contributed by atoms with Crippen molar-refractivity contribution < 1.29 is 63.6 Å². The van der Waals surface area contributed by atoms with Crippen LogP contribution in [0.1, 0.15) is 85.4 Å². The first kappa shape index (κ1) is 52.6. The first-order valence-corrected chi connectivity index (χ1v) is 20.5. The summed E-state index contributed by atoms with van der Waals surface area (Å²) in [6, 6.07) is 1.39. The number of phenolic OH excluding ortho intramolecular Hbond substituents is 2. The lowest BCUT2D eigenvalue weighted by molar-refractivity contribution is -0.147. The third kappa shape index (κ3) is 16.7. The van der Waals surface area contributed by atoms with Crippen LogP contribution < -0.4 is 37.6 Å². The Bertz CT molecular complexity index is 1950. The maximum absolute atomic E-state index is 14.1. The van der Waals surface area contributed by atoms with Gasteiger partial charge in [-0.1, -0.05) is 85.7 Å². The van der Waals surface area contributed by atoms with Crippen LogP contribution in [0.15, 0.2) is 48.5 Å². The third-order valence-electron chi connectivity index (χ3n) is 9.78.